The first-order valence-corrected chi connectivity index (χ1v) is 6.74. The van der Waals surface area contributed by atoms with Crippen molar-refractivity contribution in [3.8, 4) is 0 Å². The third-order valence-corrected chi connectivity index (χ3v) is 3.83. The van der Waals surface area contributed by atoms with Crippen molar-refractivity contribution in [2.45, 2.75) is 78.9 Å². The van der Waals surface area contributed by atoms with Crippen LogP contribution >= 0.6 is 0 Å². The van der Waals surface area contributed by atoms with E-state index in [1.165, 1.54) is 32.0 Å². The Labute approximate surface area is 98.5 Å². The second-order valence-corrected chi connectivity index (χ2v) is 6.02. The molecule has 0 amide bonds. The molecule has 0 fully saturated rings. The van der Waals surface area contributed by atoms with E-state index in [-0.39, 0.29) is 0 Å². The van der Waals surface area contributed by atoms with Gasteiger partial charge in [-0.05, 0) is 5.92 Å². The minimum atomic E-state index is 0.402. The van der Waals surface area contributed by atoms with Gasteiger partial charge in [-0.2, -0.15) is 0 Å². The van der Waals surface area contributed by atoms with Crippen LogP contribution in [0.25, 0.3) is 0 Å². The van der Waals surface area contributed by atoms with E-state index in [0.29, 0.717) is 5.31 Å². The SMILES string of the molecule is CCCCCC(C)C[B]C(C)(C)C(C)C. The first kappa shape index (κ1) is 15.1. The lowest BCUT2D eigenvalue weighted by Crippen LogP contribution is -2.20. The van der Waals surface area contributed by atoms with E-state index >= 15 is 0 Å². The van der Waals surface area contributed by atoms with Crippen LogP contribution in [0.15, 0.2) is 0 Å². The van der Waals surface area contributed by atoms with Gasteiger partial charge < -0.3 is 0 Å². The van der Waals surface area contributed by atoms with Gasteiger partial charge in [-0.15, -0.1) is 0 Å². The molecule has 0 N–H and O–H groups in total. The second kappa shape index (κ2) is 7.36. The highest BCUT2D eigenvalue weighted by atomic mass is 14.2. The smallest absolute Gasteiger partial charge is 0.0771 e. The Kier molecular flexibility index (Phi) is 7.39. The van der Waals surface area contributed by atoms with Crippen LogP contribution in [-0.2, 0) is 0 Å². The third kappa shape index (κ3) is 7.03. The molecule has 15 heavy (non-hydrogen) atoms. The van der Waals surface area contributed by atoms with Crippen molar-refractivity contribution >= 4 is 7.28 Å². The first-order valence-electron chi connectivity index (χ1n) is 6.74. The second-order valence-electron chi connectivity index (χ2n) is 6.02. The highest BCUT2D eigenvalue weighted by Gasteiger charge is 2.23. The molecule has 0 spiro atoms. The minimum absolute atomic E-state index is 0.402. The van der Waals surface area contributed by atoms with Crippen LogP contribution in [0.3, 0.4) is 0 Å². The molecule has 1 atom stereocenters. The van der Waals surface area contributed by atoms with Gasteiger partial charge in [-0.25, -0.2) is 0 Å². The van der Waals surface area contributed by atoms with Gasteiger partial charge in [0.2, 0.25) is 0 Å². The van der Waals surface area contributed by atoms with Crippen molar-refractivity contribution in [1.82, 2.24) is 0 Å². The first-order chi connectivity index (χ1) is 6.90. The van der Waals surface area contributed by atoms with Crippen molar-refractivity contribution in [3.05, 3.63) is 0 Å². The number of rotatable bonds is 8. The molecular weight excluding hydrogens is 179 g/mol. The summed E-state index contributed by atoms with van der Waals surface area (Å²) in [6.07, 6.45) is 6.84. The summed E-state index contributed by atoms with van der Waals surface area (Å²) in [5.74, 6) is 1.62. The Hall–Kier alpha value is 0.0649. The molecule has 0 aliphatic heterocycles. The maximum atomic E-state index is 2.54. The van der Waals surface area contributed by atoms with E-state index < -0.39 is 0 Å². The van der Waals surface area contributed by atoms with E-state index in [1.807, 2.05) is 0 Å². The number of hydrogen-bond donors (Lipinski definition) is 0. The maximum absolute atomic E-state index is 2.54. The fourth-order valence-corrected chi connectivity index (χ4v) is 1.60. The quantitative estimate of drug-likeness (QED) is 0.381. The molecule has 0 nitrogen and oxygen atoms in total. The third-order valence-electron chi connectivity index (χ3n) is 3.83. The molecule has 0 bridgehead atoms. The van der Waals surface area contributed by atoms with Gasteiger partial charge in [0.25, 0.3) is 0 Å². The standard InChI is InChI=1S/C14H30B/c1-7-8-9-10-13(4)11-15-14(5,6)12(2)3/h12-13H,7-11H2,1-6H3. The predicted molar refractivity (Wildman–Crippen MR) is 72.7 cm³/mol. The average Bonchev–Trinajstić information content (AvgIpc) is 2.15. The molecule has 0 saturated carbocycles. The number of hydrogen-bond acceptors (Lipinski definition) is 0. The molecule has 0 aromatic rings. The van der Waals surface area contributed by atoms with Gasteiger partial charge in [0.15, 0.2) is 0 Å². The normalized spacial score (nSPS) is 14.3. The van der Waals surface area contributed by atoms with Gasteiger partial charge in [0, 0.05) is 0 Å². The van der Waals surface area contributed by atoms with Crippen molar-refractivity contribution in [3.63, 3.8) is 0 Å². The van der Waals surface area contributed by atoms with E-state index in [2.05, 4.69) is 48.8 Å². The maximum Gasteiger partial charge on any atom is 0.117 e. The molecule has 0 rings (SSSR count). The lowest BCUT2D eigenvalue weighted by molar-refractivity contribution is 0.462. The Bertz CT molecular complexity index is 149. The topological polar surface area (TPSA) is 0 Å². The van der Waals surface area contributed by atoms with Gasteiger partial charge in [0.1, 0.15) is 7.28 Å². The molecule has 89 valence electrons. The molecular formula is C14H30B. The van der Waals surface area contributed by atoms with Crippen LogP contribution in [0.5, 0.6) is 0 Å². The van der Waals surface area contributed by atoms with Crippen molar-refractivity contribution in [2.75, 3.05) is 0 Å². The summed E-state index contributed by atoms with van der Waals surface area (Å²) >= 11 is 0. The summed E-state index contributed by atoms with van der Waals surface area (Å²) in [4.78, 5) is 0. The van der Waals surface area contributed by atoms with Crippen LogP contribution in [-0.4, -0.2) is 7.28 Å². The zero-order valence-electron chi connectivity index (χ0n) is 11.8. The lowest BCUT2D eigenvalue weighted by Gasteiger charge is -2.29. The fraction of sp³-hybridized carbons (Fsp3) is 1.00. The van der Waals surface area contributed by atoms with Crippen LogP contribution < -0.4 is 0 Å². The largest absolute Gasteiger partial charge is 0.117 e. The Morgan fingerprint density at radius 3 is 2.13 bits per heavy atom. The lowest BCUT2D eigenvalue weighted by atomic mass is 9.46. The molecule has 0 aromatic carbocycles. The van der Waals surface area contributed by atoms with Gasteiger partial charge in [0.05, 0.1) is 0 Å². The van der Waals surface area contributed by atoms with E-state index in [9.17, 15) is 0 Å². The molecule has 1 unspecified atom stereocenters. The molecule has 0 heterocycles. The Morgan fingerprint density at radius 2 is 1.67 bits per heavy atom. The zero-order chi connectivity index (χ0) is 11.9. The summed E-state index contributed by atoms with van der Waals surface area (Å²) in [6.45, 7) is 14.0. The Balaban J connectivity index is 3.65. The van der Waals surface area contributed by atoms with Crippen molar-refractivity contribution in [2.24, 2.45) is 11.8 Å². The summed E-state index contributed by atoms with van der Waals surface area (Å²) in [7, 11) is 2.54. The summed E-state index contributed by atoms with van der Waals surface area (Å²) in [5, 5.41) is 0.402. The van der Waals surface area contributed by atoms with Gasteiger partial charge >= 0.3 is 0 Å². The van der Waals surface area contributed by atoms with Crippen molar-refractivity contribution in [1.29, 1.82) is 0 Å². The monoisotopic (exact) mass is 209 g/mol. The van der Waals surface area contributed by atoms with Crippen LogP contribution in [0, 0.1) is 11.8 Å². The highest BCUT2D eigenvalue weighted by Crippen LogP contribution is 2.34. The minimum Gasteiger partial charge on any atom is -0.0771 e. The van der Waals surface area contributed by atoms with Gasteiger partial charge in [-0.1, -0.05) is 84.8 Å². The Morgan fingerprint density at radius 1 is 1.07 bits per heavy atom. The van der Waals surface area contributed by atoms with Crippen LogP contribution in [0.4, 0.5) is 0 Å². The van der Waals surface area contributed by atoms with Gasteiger partial charge in [-0.3, -0.25) is 0 Å². The number of unbranched alkanes of at least 4 members (excludes halogenated alkanes) is 2. The molecule has 0 aliphatic carbocycles. The summed E-state index contributed by atoms with van der Waals surface area (Å²) in [6, 6.07) is 0. The summed E-state index contributed by atoms with van der Waals surface area (Å²) in [5.41, 5.74) is 0. The van der Waals surface area contributed by atoms with Crippen molar-refractivity contribution < 1.29 is 0 Å². The molecule has 0 aromatic heterocycles. The average molecular weight is 209 g/mol. The van der Waals surface area contributed by atoms with E-state index in [1.54, 1.807) is 0 Å². The van der Waals surface area contributed by atoms with E-state index in [0.717, 1.165) is 11.8 Å². The fourth-order valence-electron chi connectivity index (χ4n) is 1.60. The highest BCUT2D eigenvalue weighted by molar-refractivity contribution is 6.39. The van der Waals surface area contributed by atoms with Crippen LogP contribution in [0.2, 0.25) is 11.6 Å². The predicted octanol–water partition coefficient (Wildman–Crippen LogP) is 5.18. The molecule has 0 saturated heterocycles. The van der Waals surface area contributed by atoms with Crippen LogP contribution in [0.1, 0.15) is 67.2 Å². The molecule has 1 heteroatoms. The molecule has 1 radical (unpaired) electrons. The summed E-state index contributed by atoms with van der Waals surface area (Å²) < 4.78 is 0. The zero-order valence-corrected chi connectivity index (χ0v) is 11.8. The van der Waals surface area contributed by atoms with E-state index in [4.69, 9.17) is 0 Å². The molecule has 0 aliphatic rings.